The van der Waals surface area contributed by atoms with E-state index in [2.05, 4.69) is 41.9 Å². The first-order valence-corrected chi connectivity index (χ1v) is 6.90. The Bertz CT molecular complexity index is 432. The zero-order chi connectivity index (χ0) is 12.3. The molecule has 1 aromatic carbocycles. The van der Waals surface area contributed by atoms with E-state index < -0.39 is 0 Å². The van der Waals surface area contributed by atoms with E-state index in [4.69, 9.17) is 5.73 Å². The number of allylic oxidation sites excluding steroid dienone is 2. The molecule has 0 saturated heterocycles. The van der Waals surface area contributed by atoms with Gasteiger partial charge in [-0.15, -0.1) is 11.8 Å². The number of anilines is 1. The van der Waals surface area contributed by atoms with Crippen molar-refractivity contribution < 1.29 is 0 Å². The van der Waals surface area contributed by atoms with Crippen LogP contribution in [0.15, 0.2) is 53.5 Å². The molecule has 0 amide bonds. The maximum absolute atomic E-state index is 6.22. The standard InChI is InChI=1S/C14H18N2S/c1-14(15)10-4-3-5-13(14)16-11-6-8-12(17-2)9-7-11/h3-10,13,16H,15H2,1-2H3. The van der Waals surface area contributed by atoms with Crippen LogP contribution in [0.25, 0.3) is 0 Å². The van der Waals surface area contributed by atoms with Gasteiger partial charge in [-0.05, 0) is 37.4 Å². The lowest BCUT2D eigenvalue weighted by Gasteiger charge is -2.32. The highest BCUT2D eigenvalue weighted by Crippen LogP contribution is 2.22. The summed E-state index contributed by atoms with van der Waals surface area (Å²) in [5.41, 5.74) is 6.98. The van der Waals surface area contributed by atoms with Gasteiger partial charge in [-0.25, -0.2) is 0 Å². The molecule has 0 fully saturated rings. The molecular formula is C14H18N2S. The summed E-state index contributed by atoms with van der Waals surface area (Å²) in [7, 11) is 0. The van der Waals surface area contributed by atoms with Crippen molar-refractivity contribution in [3.63, 3.8) is 0 Å². The number of thioether (sulfide) groups is 1. The Morgan fingerprint density at radius 1 is 1.24 bits per heavy atom. The van der Waals surface area contributed by atoms with E-state index in [1.807, 2.05) is 25.2 Å². The lowest BCUT2D eigenvalue weighted by molar-refractivity contribution is 0.539. The van der Waals surface area contributed by atoms with E-state index in [0.717, 1.165) is 5.69 Å². The Balaban J connectivity index is 2.10. The minimum Gasteiger partial charge on any atom is -0.377 e. The van der Waals surface area contributed by atoms with E-state index in [9.17, 15) is 0 Å². The predicted molar refractivity (Wildman–Crippen MR) is 76.5 cm³/mol. The van der Waals surface area contributed by atoms with Crippen molar-refractivity contribution in [1.29, 1.82) is 0 Å². The van der Waals surface area contributed by atoms with Crippen molar-refractivity contribution in [2.24, 2.45) is 5.73 Å². The van der Waals surface area contributed by atoms with E-state index in [0.29, 0.717) is 0 Å². The molecular weight excluding hydrogens is 228 g/mol. The van der Waals surface area contributed by atoms with Crippen molar-refractivity contribution in [2.75, 3.05) is 11.6 Å². The molecule has 2 rings (SSSR count). The first-order chi connectivity index (χ1) is 8.12. The Morgan fingerprint density at radius 2 is 1.94 bits per heavy atom. The van der Waals surface area contributed by atoms with Crippen molar-refractivity contribution in [2.45, 2.75) is 23.4 Å². The maximum Gasteiger partial charge on any atom is 0.0660 e. The Labute approximate surface area is 107 Å². The predicted octanol–water partition coefficient (Wildman–Crippen LogP) is 3.03. The van der Waals surface area contributed by atoms with E-state index in [-0.39, 0.29) is 11.6 Å². The number of hydrogen-bond acceptors (Lipinski definition) is 3. The topological polar surface area (TPSA) is 38.0 Å². The lowest BCUT2D eigenvalue weighted by Crippen LogP contribution is -2.50. The van der Waals surface area contributed by atoms with Gasteiger partial charge in [0, 0.05) is 10.6 Å². The monoisotopic (exact) mass is 246 g/mol. The third kappa shape index (κ3) is 2.93. The summed E-state index contributed by atoms with van der Waals surface area (Å²) in [4.78, 5) is 1.27. The number of rotatable bonds is 3. The van der Waals surface area contributed by atoms with Crippen LogP contribution < -0.4 is 11.1 Å². The molecule has 0 radical (unpaired) electrons. The Morgan fingerprint density at radius 3 is 2.53 bits per heavy atom. The molecule has 90 valence electrons. The Kier molecular flexibility index (Phi) is 3.60. The first kappa shape index (κ1) is 12.3. The smallest absolute Gasteiger partial charge is 0.0660 e. The minimum atomic E-state index is -0.340. The summed E-state index contributed by atoms with van der Waals surface area (Å²) in [6, 6.07) is 8.54. The maximum atomic E-state index is 6.22. The van der Waals surface area contributed by atoms with Crippen LogP contribution in [0.5, 0.6) is 0 Å². The summed E-state index contributed by atoms with van der Waals surface area (Å²) in [5.74, 6) is 0. The zero-order valence-corrected chi connectivity index (χ0v) is 11.0. The quantitative estimate of drug-likeness (QED) is 0.805. The molecule has 1 aliphatic rings. The largest absolute Gasteiger partial charge is 0.377 e. The van der Waals surface area contributed by atoms with Gasteiger partial charge in [0.1, 0.15) is 0 Å². The zero-order valence-electron chi connectivity index (χ0n) is 10.2. The third-order valence-electron chi connectivity index (χ3n) is 2.95. The van der Waals surface area contributed by atoms with Crippen LogP contribution >= 0.6 is 11.8 Å². The van der Waals surface area contributed by atoms with Crippen molar-refractivity contribution in [1.82, 2.24) is 0 Å². The van der Waals surface area contributed by atoms with Crippen molar-refractivity contribution >= 4 is 17.4 Å². The average Bonchev–Trinajstić information content (AvgIpc) is 2.33. The summed E-state index contributed by atoms with van der Waals surface area (Å²) >= 11 is 1.75. The average molecular weight is 246 g/mol. The molecule has 0 spiro atoms. The van der Waals surface area contributed by atoms with E-state index in [1.54, 1.807) is 11.8 Å². The summed E-state index contributed by atoms with van der Waals surface area (Å²) < 4.78 is 0. The van der Waals surface area contributed by atoms with Crippen LogP contribution in [0.3, 0.4) is 0 Å². The van der Waals surface area contributed by atoms with Gasteiger partial charge < -0.3 is 11.1 Å². The fourth-order valence-corrected chi connectivity index (χ4v) is 2.23. The van der Waals surface area contributed by atoms with Crippen LogP contribution in [0, 0.1) is 0 Å². The second-order valence-electron chi connectivity index (χ2n) is 4.46. The number of hydrogen-bond donors (Lipinski definition) is 2. The SMILES string of the molecule is CSc1ccc(NC2C=CC=CC2(C)N)cc1. The second-order valence-corrected chi connectivity index (χ2v) is 5.34. The normalized spacial score (nSPS) is 27.1. The van der Waals surface area contributed by atoms with Gasteiger partial charge in [-0.1, -0.05) is 24.3 Å². The van der Waals surface area contributed by atoms with Crippen LogP contribution in [0.2, 0.25) is 0 Å². The fourth-order valence-electron chi connectivity index (χ4n) is 1.82. The molecule has 1 aromatic rings. The Hall–Kier alpha value is -1.19. The highest BCUT2D eigenvalue weighted by molar-refractivity contribution is 7.98. The molecule has 3 heteroatoms. The molecule has 3 N–H and O–H groups in total. The molecule has 0 saturated carbocycles. The van der Waals surface area contributed by atoms with Gasteiger partial charge in [0.2, 0.25) is 0 Å². The van der Waals surface area contributed by atoms with Crippen LogP contribution in [0.4, 0.5) is 5.69 Å². The highest BCUT2D eigenvalue weighted by atomic mass is 32.2. The first-order valence-electron chi connectivity index (χ1n) is 5.67. The third-order valence-corrected chi connectivity index (χ3v) is 3.70. The number of nitrogens with two attached hydrogens (primary N) is 1. The summed E-state index contributed by atoms with van der Waals surface area (Å²) in [6.45, 7) is 2.03. The number of nitrogens with one attached hydrogen (secondary N) is 1. The fraction of sp³-hybridized carbons (Fsp3) is 0.286. The van der Waals surface area contributed by atoms with Crippen LogP contribution in [-0.4, -0.2) is 17.8 Å². The molecule has 0 heterocycles. The van der Waals surface area contributed by atoms with Gasteiger partial charge >= 0.3 is 0 Å². The molecule has 0 aliphatic heterocycles. The molecule has 1 aliphatic carbocycles. The van der Waals surface area contributed by atoms with Crippen LogP contribution in [-0.2, 0) is 0 Å². The molecule has 2 nitrogen and oxygen atoms in total. The van der Waals surface area contributed by atoms with Gasteiger partial charge in [0.25, 0.3) is 0 Å². The van der Waals surface area contributed by atoms with Crippen LogP contribution in [0.1, 0.15) is 6.92 Å². The summed E-state index contributed by atoms with van der Waals surface area (Å²) in [6.07, 6.45) is 10.2. The highest BCUT2D eigenvalue weighted by Gasteiger charge is 2.26. The second kappa shape index (κ2) is 4.98. The van der Waals surface area contributed by atoms with Gasteiger partial charge in [0.15, 0.2) is 0 Å². The molecule has 0 aromatic heterocycles. The van der Waals surface area contributed by atoms with Crippen molar-refractivity contribution in [3.05, 3.63) is 48.6 Å². The molecule has 2 unspecified atom stereocenters. The lowest BCUT2D eigenvalue weighted by atomic mass is 9.89. The summed E-state index contributed by atoms with van der Waals surface area (Å²) in [5, 5.41) is 3.45. The van der Waals surface area contributed by atoms with Crippen molar-refractivity contribution in [3.8, 4) is 0 Å². The number of benzene rings is 1. The van der Waals surface area contributed by atoms with Gasteiger partial charge in [-0.3, -0.25) is 0 Å². The van der Waals surface area contributed by atoms with E-state index in [1.165, 1.54) is 4.90 Å². The minimum absolute atomic E-state index is 0.132. The molecule has 17 heavy (non-hydrogen) atoms. The molecule has 0 bridgehead atoms. The van der Waals surface area contributed by atoms with Gasteiger partial charge in [-0.2, -0.15) is 0 Å². The molecule has 2 atom stereocenters. The van der Waals surface area contributed by atoms with E-state index >= 15 is 0 Å². The van der Waals surface area contributed by atoms with Gasteiger partial charge in [0.05, 0.1) is 11.6 Å².